The number of nitrogens with zero attached hydrogens (tertiary/aromatic N) is 3. The summed E-state index contributed by atoms with van der Waals surface area (Å²) in [5, 5.41) is 11.9. The van der Waals surface area contributed by atoms with Crippen molar-refractivity contribution in [3.63, 3.8) is 0 Å². The van der Waals surface area contributed by atoms with E-state index in [0.717, 1.165) is 22.5 Å². The Kier molecular flexibility index (Phi) is 3.94. The molecule has 0 unspecified atom stereocenters. The molecule has 0 saturated carbocycles. The first-order valence-electron chi connectivity index (χ1n) is 8.39. The molecule has 124 valence electrons. The zero-order valence-corrected chi connectivity index (χ0v) is 14.4. The molecule has 0 amide bonds. The second-order valence-electron chi connectivity index (χ2n) is 6.38. The van der Waals surface area contributed by atoms with Crippen LogP contribution < -0.4 is 0 Å². The third kappa shape index (κ3) is 3.11. The maximum atomic E-state index is 4.52. The monoisotopic (exact) mass is 328 g/mol. The summed E-state index contributed by atoms with van der Waals surface area (Å²) in [5.74, 6) is 0. The Labute approximate surface area is 147 Å². The standard InChI is InChI=1S/C21H20N4/c1-15-5-3-7-17(11-15)20-9-10-23-25(20)14-19-13-22-24-21(19)18-8-4-6-16(2)12-18/h3-13H,14H2,1-2H3,(H,22,24). The minimum Gasteiger partial charge on any atom is -0.277 e. The van der Waals surface area contributed by atoms with Gasteiger partial charge >= 0.3 is 0 Å². The van der Waals surface area contributed by atoms with Gasteiger partial charge in [-0.3, -0.25) is 9.78 Å². The second-order valence-corrected chi connectivity index (χ2v) is 6.38. The summed E-state index contributed by atoms with van der Waals surface area (Å²) in [5.41, 5.74) is 8.10. The van der Waals surface area contributed by atoms with Crippen LogP contribution in [-0.4, -0.2) is 20.0 Å². The molecule has 2 heterocycles. The van der Waals surface area contributed by atoms with Crippen molar-refractivity contribution in [2.45, 2.75) is 20.4 Å². The predicted molar refractivity (Wildman–Crippen MR) is 100 cm³/mol. The number of hydrogen-bond acceptors (Lipinski definition) is 2. The van der Waals surface area contributed by atoms with E-state index in [4.69, 9.17) is 0 Å². The van der Waals surface area contributed by atoms with E-state index in [2.05, 4.69) is 83.7 Å². The van der Waals surface area contributed by atoms with Gasteiger partial charge < -0.3 is 0 Å². The first-order chi connectivity index (χ1) is 12.2. The van der Waals surface area contributed by atoms with Crippen molar-refractivity contribution in [1.29, 1.82) is 0 Å². The lowest BCUT2D eigenvalue weighted by Gasteiger charge is -2.09. The molecule has 4 aromatic rings. The highest BCUT2D eigenvalue weighted by molar-refractivity contribution is 5.64. The molecular formula is C21H20N4. The molecule has 25 heavy (non-hydrogen) atoms. The zero-order valence-electron chi connectivity index (χ0n) is 14.4. The Morgan fingerprint density at radius 2 is 1.64 bits per heavy atom. The maximum absolute atomic E-state index is 4.52. The maximum Gasteiger partial charge on any atom is 0.0703 e. The quantitative estimate of drug-likeness (QED) is 0.595. The third-order valence-corrected chi connectivity index (χ3v) is 4.38. The topological polar surface area (TPSA) is 46.5 Å². The van der Waals surface area contributed by atoms with Gasteiger partial charge in [-0.2, -0.15) is 10.2 Å². The summed E-state index contributed by atoms with van der Waals surface area (Å²) in [6, 6.07) is 19.0. The lowest BCUT2D eigenvalue weighted by molar-refractivity contribution is 0.695. The lowest BCUT2D eigenvalue weighted by atomic mass is 10.1. The molecule has 4 heteroatoms. The Morgan fingerprint density at radius 3 is 2.40 bits per heavy atom. The van der Waals surface area contributed by atoms with E-state index in [0.29, 0.717) is 6.54 Å². The molecule has 0 saturated heterocycles. The Morgan fingerprint density at radius 1 is 0.920 bits per heavy atom. The van der Waals surface area contributed by atoms with Gasteiger partial charge in [0.1, 0.15) is 0 Å². The smallest absolute Gasteiger partial charge is 0.0703 e. The number of H-pyrrole nitrogens is 1. The van der Waals surface area contributed by atoms with Crippen LogP contribution in [0.3, 0.4) is 0 Å². The summed E-state index contributed by atoms with van der Waals surface area (Å²) in [7, 11) is 0. The van der Waals surface area contributed by atoms with Crippen molar-refractivity contribution in [2.24, 2.45) is 0 Å². The van der Waals surface area contributed by atoms with Gasteiger partial charge in [-0.1, -0.05) is 47.5 Å². The van der Waals surface area contributed by atoms with Gasteiger partial charge in [0, 0.05) is 22.9 Å². The molecular weight excluding hydrogens is 308 g/mol. The van der Waals surface area contributed by atoms with Crippen LogP contribution in [0.25, 0.3) is 22.5 Å². The number of aromatic amines is 1. The van der Waals surface area contributed by atoms with E-state index >= 15 is 0 Å². The van der Waals surface area contributed by atoms with Crippen molar-refractivity contribution in [2.75, 3.05) is 0 Å². The largest absolute Gasteiger partial charge is 0.277 e. The average Bonchev–Trinajstić information content (AvgIpc) is 3.25. The molecule has 0 aliphatic rings. The van der Waals surface area contributed by atoms with E-state index in [1.807, 2.05) is 17.1 Å². The first kappa shape index (κ1) is 15.4. The normalized spacial score (nSPS) is 11.0. The first-order valence-corrected chi connectivity index (χ1v) is 8.39. The highest BCUT2D eigenvalue weighted by Gasteiger charge is 2.12. The van der Waals surface area contributed by atoms with Crippen LogP contribution in [0.4, 0.5) is 0 Å². The van der Waals surface area contributed by atoms with Gasteiger partial charge in [0.15, 0.2) is 0 Å². The zero-order chi connectivity index (χ0) is 17.2. The van der Waals surface area contributed by atoms with E-state index < -0.39 is 0 Å². The van der Waals surface area contributed by atoms with E-state index in [1.54, 1.807) is 0 Å². The molecule has 4 nitrogen and oxygen atoms in total. The number of aromatic nitrogens is 4. The fourth-order valence-electron chi connectivity index (χ4n) is 3.15. The van der Waals surface area contributed by atoms with Gasteiger partial charge in [0.05, 0.1) is 24.1 Å². The summed E-state index contributed by atoms with van der Waals surface area (Å²) >= 11 is 0. The van der Waals surface area contributed by atoms with Crippen LogP contribution in [-0.2, 0) is 6.54 Å². The number of rotatable bonds is 4. The Balaban J connectivity index is 1.69. The van der Waals surface area contributed by atoms with Gasteiger partial charge in [0.25, 0.3) is 0 Å². The van der Waals surface area contributed by atoms with Crippen molar-refractivity contribution >= 4 is 0 Å². The molecule has 0 aliphatic heterocycles. The van der Waals surface area contributed by atoms with Crippen LogP contribution in [0, 0.1) is 13.8 Å². The number of nitrogens with one attached hydrogen (secondary N) is 1. The fraction of sp³-hybridized carbons (Fsp3) is 0.143. The minimum atomic E-state index is 0.677. The van der Waals surface area contributed by atoms with E-state index in [9.17, 15) is 0 Å². The minimum absolute atomic E-state index is 0.677. The molecule has 4 rings (SSSR count). The van der Waals surface area contributed by atoms with Crippen molar-refractivity contribution in [3.05, 3.63) is 83.7 Å². The Bertz CT molecular complexity index is 928. The number of hydrogen-bond donors (Lipinski definition) is 1. The van der Waals surface area contributed by atoms with Crippen molar-refractivity contribution in [1.82, 2.24) is 20.0 Å². The molecule has 2 aromatic heterocycles. The summed E-state index contributed by atoms with van der Waals surface area (Å²) in [4.78, 5) is 0. The summed E-state index contributed by atoms with van der Waals surface area (Å²) < 4.78 is 2.03. The van der Waals surface area contributed by atoms with Gasteiger partial charge in [0.2, 0.25) is 0 Å². The average molecular weight is 328 g/mol. The van der Waals surface area contributed by atoms with Crippen molar-refractivity contribution < 1.29 is 0 Å². The molecule has 0 fully saturated rings. The van der Waals surface area contributed by atoms with Crippen LogP contribution in [0.5, 0.6) is 0 Å². The van der Waals surface area contributed by atoms with Crippen LogP contribution in [0.2, 0.25) is 0 Å². The molecule has 0 spiro atoms. The fourth-order valence-corrected chi connectivity index (χ4v) is 3.15. The highest BCUT2D eigenvalue weighted by Crippen LogP contribution is 2.25. The molecule has 1 N–H and O–H groups in total. The molecule has 0 radical (unpaired) electrons. The lowest BCUT2D eigenvalue weighted by Crippen LogP contribution is -2.04. The summed E-state index contributed by atoms with van der Waals surface area (Å²) in [6.45, 7) is 4.88. The van der Waals surface area contributed by atoms with Crippen LogP contribution >= 0.6 is 0 Å². The van der Waals surface area contributed by atoms with Gasteiger partial charge in [-0.25, -0.2) is 0 Å². The predicted octanol–water partition coefficient (Wildman–Crippen LogP) is 4.61. The van der Waals surface area contributed by atoms with E-state index in [-0.39, 0.29) is 0 Å². The second kappa shape index (κ2) is 6.40. The number of aryl methyl sites for hydroxylation is 2. The van der Waals surface area contributed by atoms with E-state index in [1.165, 1.54) is 16.7 Å². The van der Waals surface area contributed by atoms with Crippen LogP contribution in [0.15, 0.2) is 67.0 Å². The molecule has 0 aliphatic carbocycles. The van der Waals surface area contributed by atoms with Crippen LogP contribution in [0.1, 0.15) is 16.7 Å². The van der Waals surface area contributed by atoms with Gasteiger partial charge in [-0.05, 0) is 32.0 Å². The molecule has 2 aromatic carbocycles. The van der Waals surface area contributed by atoms with Gasteiger partial charge in [-0.15, -0.1) is 0 Å². The SMILES string of the molecule is Cc1cccc(-c2[nH]ncc2Cn2nccc2-c2cccc(C)c2)c1. The molecule has 0 atom stereocenters. The third-order valence-electron chi connectivity index (χ3n) is 4.38. The van der Waals surface area contributed by atoms with Crippen molar-refractivity contribution in [3.8, 4) is 22.5 Å². The Hall–Kier alpha value is -3.14. The molecule has 0 bridgehead atoms. The number of benzene rings is 2. The summed E-state index contributed by atoms with van der Waals surface area (Å²) in [6.07, 6.45) is 3.74. The highest BCUT2D eigenvalue weighted by atomic mass is 15.3.